The molecule has 1 atom stereocenters. The molecule has 0 aliphatic heterocycles. The van der Waals surface area contributed by atoms with Gasteiger partial charge in [-0.3, -0.25) is 0 Å². The lowest BCUT2D eigenvalue weighted by Crippen LogP contribution is -2.18. The second-order valence-electron chi connectivity index (χ2n) is 5.42. The largest absolute Gasteiger partial charge is 0.310 e. The molecule has 19 heavy (non-hydrogen) atoms. The van der Waals surface area contributed by atoms with Crippen LogP contribution >= 0.6 is 27.7 Å². The summed E-state index contributed by atoms with van der Waals surface area (Å²) in [7, 11) is 0. The van der Waals surface area contributed by atoms with Gasteiger partial charge < -0.3 is 5.32 Å². The molecule has 1 aliphatic carbocycles. The number of halogens is 1. The Hall–Kier alpha value is 0.01000. The fraction of sp³-hybridized carbons (Fsp3) is 0.625. The van der Waals surface area contributed by atoms with Gasteiger partial charge in [0, 0.05) is 21.2 Å². The summed E-state index contributed by atoms with van der Waals surface area (Å²) in [4.78, 5) is 1.44. The van der Waals surface area contributed by atoms with Crippen LogP contribution in [0.2, 0.25) is 0 Å². The zero-order valence-electron chi connectivity index (χ0n) is 11.9. The number of hydrogen-bond donors (Lipinski definition) is 1. The Morgan fingerprint density at radius 3 is 2.79 bits per heavy atom. The summed E-state index contributed by atoms with van der Waals surface area (Å²) in [6.45, 7) is 5.44. The Morgan fingerprint density at radius 2 is 2.11 bits per heavy atom. The normalized spacial score (nSPS) is 17.8. The van der Waals surface area contributed by atoms with E-state index in [0.717, 1.165) is 12.5 Å². The van der Waals surface area contributed by atoms with Gasteiger partial charge in [0.05, 0.1) is 0 Å². The summed E-state index contributed by atoms with van der Waals surface area (Å²) in [5, 5.41) is 3.52. The summed E-state index contributed by atoms with van der Waals surface area (Å²) in [6.07, 6.45) is 5.73. The molecule has 0 radical (unpaired) electrons. The molecule has 0 saturated heterocycles. The Kier molecular flexibility index (Phi) is 6.24. The van der Waals surface area contributed by atoms with Crippen molar-refractivity contribution >= 4 is 27.7 Å². The monoisotopic (exact) mass is 341 g/mol. The van der Waals surface area contributed by atoms with Gasteiger partial charge in [0.1, 0.15) is 0 Å². The van der Waals surface area contributed by atoms with Crippen molar-refractivity contribution in [2.45, 2.75) is 50.5 Å². The van der Waals surface area contributed by atoms with Crippen molar-refractivity contribution in [3.05, 3.63) is 28.2 Å². The lowest BCUT2D eigenvalue weighted by molar-refractivity contribution is 0.588. The van der Waals surface area contributed by atoms with Crippen LogP contribution in [-0.4, -0.2) is 12.3 Å². The molecule has 1 aromatic carbocycles. The summed E-state index contributed by atoms with van der Waals surface area (Å²) >= 11 is 5.65. The Morgan fingerprint density at radius 1 is 1.37 bits per heavy atom. The van der Waals surface area contributed by atoms with E-state index < -0.39 is 0 Å². The van der Waals surface area contributed by atoms with Crippen LogP contribution in [0.15, 0.2) is 27.6 Å². The summed E-state index contributed by atoms with van der Waals surface area (Å²) in [6, 6.07) is 7.13. The summed E-state index contributed by atoms with van der Waals surface area (Å²) in [5.74, 6) is 2.22. The number of hydrogen-bond acceptors (Lipinski definition) is 2. The molecule has 2 rings (SSSR count). The van der Waals surface area contributed by atoms with E-state index >= 15 is 0 Å². The molecule has 0 aromatic heterocycles. The highest BCUT2D eigenvalue weighted by atomic mass is 79.9. The second kappa shape index (κ2) is 7.70. The van der Waals surface area contributed by atoms with Crippen molar-refractivity contribution in [3.8, 4) is 0 Å². The first-order valence-electron chi connectivity index (χ1n) is 7.36. The van der Waals surface area contributed by atoms with Gasteiger partial charge in [-0.1, -0.05) is 41.8 Å². The Balaban J connectivity index is 2.05. The molecule has 106 valence electrons. The van der Waals surface area contributed by atoms with E-state index in [2.05, 4.69) is 53.3 Å². The minimum Gasteiger partial charge on any atom is -0.310 e. The molecule has 0 spiro atoms. The second-order valence-corrected chi connectivity index (χ2v) is 7.40. The highest BCUT2D eigenvalue weighted by Crippen LogP contribution is 2.35. The van der Waals surface area contributed by atoms with E-state index in [0.29, 0.717) is 6.04 Å². The molecule has 1 saturated carbocycles. The van der Waals surface area contributed by atoms with Crippen molar-refractivity contribution in [1.29, 1.82) is 0 Å². The number of benzene rings is 1. The average molecular weight is 342 g/mol. The van der Waals surface area contributed by atoms with Gasteiger partial charge >= 0.3 is 0 Å². The topological polar surface area (TPSA) is 12.0 Å². The molecule has 1 aliphatic rings. The van der Waals surface area contributed by atoms with Crippen LogP contribution in [0.4, 0.5) is 0 Å². The van der Waals surface area contributed by atoms with Crippen molar-refractivity contribution < 1.29 is 0 Å². The molecule has 3 heteroatoms. The van der Waals surface area contributed by atoms with Gasteiger partial charge in [0.2, 0.25) is 0 Å². The fourth-order valence-electron chi connectivity index (χ4n) is 2.79. The molecule has 1 unspecified atom stereocenters. The first-order valence-corrected chi connectivity index (χ1v) is 9.14. The van der Waals surface area contributed by atoms with Gasteiger partial charge in [-0.05, 0) is 49.9 Å². The van der Waals surface area contributed by atoms with Crippen LogP contribution in [0, 0.1) is 5.92 Å². The molecule has 0 bridgehead atoms. The maximum Gasteiger partial charge on any atom is 0.0302 e. The third kappa shape index (κ3) is 4.51. The zero-order chi connectivity index (χ0) is 13.7. The molecule has 0 amide bonds. The summed E-state index contributed by atoms with van der Waals surface area (Å²) < 4.78 is 1.19. The van der Waals surface area contributed by atoms with Crippen molar-refractivity contribution in [1.82, 2.24) is 5.32 Å². The maximum atomic E-state index is 3.60. The molecular formula is C16H24BrNS. The molecule has 1 fully saturated rings. The lowest BCUT2D eigenvalue weighted by Gasteiger charge is -2.18. The van der Waals surface area contributed by atoms with Gasteiger partial charge in [-0.2, -0.15) is 0 Å². The minimum atomic E-state index is 0.434. The Bertz CT molecular complexity index is 402. The van der Waals surface area contributed by atoms with Gasteiger partial charge in [-0.15, -0.1) is 11.8 Å². The van der Waals surface area contributed by atoms with Gasteiger partial charge in [-0.25, -0.2) is 0 Å². The van der Waals surface area contributed by atoms with E-state index in [9.17, 15) is 0 Å². The maximum absolute atomic E-state index is 3.60. The number of rotatable bonds is 6. The predicted octanol–water partition coefficient (Wildman–Crippen LogP) is 5.40. The van der Waals surface area contributed by atoms with Gasteiger partial charge in [0.15, 0.2) is 0 Å². The zero-order valence-corrected chi connectivity index (χ0v) is 14.3. The van der Waals surface area contributed by atoms with Crippen molar-refractivity contribution in [2.24, 2.45) is 5.92 Å². The van der Waals surface area contributed by atoms with Crippen LogP contribution in [-0.2, 0) is 0 Å². The fourth-order valence-corrected chi connectivity index (χ4v) is 4.67. The van der Waals surface area contributed by atoms with E-state index in [1.54, 1.807) is 0 Å². The van der Waals surface area contributed by atoms with E-state index in [1.165, 1.54) is 46.4 Å². The molecular weight excluding hydrogens is 318 g/mol. The smallest absolute Gasteiger partial charge is 0.0302 e. The minimum absolute atomic E-state index is 0.434. The molecule has 1 aromatic rings. The number of nitrogens with one attached hydrogen (secondary N) is 1. The van der Waals surface area contributed by atoms with Crippen LogP contribution < -0.4 is 5.32 Å². The Labute approximate surface area is 130 Å². The third-order valence-corrected chi connectivity index (χ3v) is 5.70. The van der Waals surface area contributed by atoms with Crippen molar-refractivity contribution in [2.75, 3.05) is 12.3 Å². The standard InChI is InChI=1S/C16H24BrNS/c1-3-18-12(2)15-9-8-14(17)10-16(15)19-11-13-6-4-5-7-13/h8-10,12-13,18H,3-7,11H2,1-2H3. The van der Waals surface area contributed by atoms with Crippen molar-refractivity contribution in [3.63, 3.8) is 0 Å². The predicted molar refractivity (Wildman–Crippen MR) is 88.9 cm³/mol. The highest BCUT2D eigenvalue weighted by Gasteiger charge is 2.17. The highest BCUT2D eigenvalue weighted by molar-refractivity contribution is 9.10. The summed E-state index contributed by atoms with van der Waals surface area (Å²) in [5.41, 5.74) is 1.44. The van der Waals surface area contributed by atoms with E-state index in [1.807, 2.05) is 11.8 Å². The molecule has 1 nitrogen and oxygen atoms in total. The van der Waals surface area contributed by atoms with Crippen LogP contribution in [0.3, 0.4) is 0 Å². The van der Waals surface area contributed by atoms with E-state index in [-0.39, 0.29) is 0 Å². The van der Waals surface area contributed by atoms with Gasteiger partial charge in [0.25, 0.3) is 0 Å². The van der Waals surface area contributed by atoms with Crippen LogP contribution in [0.25, 0.3) is 0 Å². The first kappa shape index (κ1) is 15.4. The lowest BCUT2D eigenvalue weighted by atomic mass is 10.1. The number of thioether (sulfide) groups is 1. The van der Waals surface area contributed by atoms with E-state index in [4.69, 9.17) is 0 Å². The molecule has 0 heterocycles. The molecule has 1 N–H and O–H groups in total. The SMILES string of the molecule is CCNC(C)c1ccc(Br)cc1SCC1CCCC1. The van der Waals surface area contributed by atoms with Crippen LogP contribution in [0.1, 0.15) is 51.1 Å². The van der Waals surface area contributed by atoms with Crippen LogP contribution in [0.5, 0.6) is 0 Å². The third-order valence-electron chi connectivity index (χ3n) is 3.90. The first-order chi connectivity index (χ1) is 9.20. The quantitative estimate of drug-likeness (QED) is 0.695. The average Bonchev–Trinajstić information content (AvgIpc) is 2.89.